The van der Waals surface area contributed by atoms with Crippen LogP contribution in [-0.4, -0.2) is 42.0 Å². The number of fused-ring (bicyclic) bond motifs is 1. The van der Waals surface area contributed by atoms with Crippen molar-refractivity contribution in [3.8, 4) is 5.75 Å². The molecule has 30 heavy (non-hydrogen) atoms. The van der Waals surface area contributed by atoms with Gasteiger partial charge in [-0.15, -0.1) is 0 Å². The van der Waals surface area contributed by atoms with Crippen LogP contribution >= 0.6 is 0 Å². The first-order valence-corrected chi connectivity index (χ1v) is 9.53. The minimum absolute atomic E-state index is 0.0299. The summed E-state index contributed by atoms with van der Waals surface area (Å²) in [5.74, 6) is -0.766. The first-order valence-electron chi connectivity index (χ1n) is 9.53. The van der Waals surface area contributed by atoms with E-state index in [0.29, 0.717) is 23.4 Å². The molecule has 3 aromatic rings. The fraction of sp³-hybridized carbons (Fsp3) is 0.227. The molecule has 0 unspecified atom stereocenters. The molecule has 1 atom stereocenters. The van der Waals surface area contributed by atoms with Crippen molar-refractivity contribution in [3.05, 3.63) is 65.9 Å². The van der Waals surface area contributed by atoms with Crippen molar-refractivity contribution >= 4 is 28.9 Å². The number of amides is 3. The van der Waals surface area contributed by atoms with E-state index in [1.54, 1.807) is 12.1 Å². The van der Waals surface area contributed by atoms with Crippen LogP contribution in [0.5, 0.6) is 5.75 Å². The Morgan fingerprint density at radius 1 is 1.13 bits per heavy atom. The van der Waals surface area contributed by atoms with Gasteiger partial charge in [0.1, 0.15) is 17.9 Å². The number of ether oxygens (including phenoxy) is 2. The second-order valence-corrected chi connectivity index (χ2v) is 6.78. The lowest BCUT2D eigenvalue weighted by Gasteiger charge is -2.17. The van der Waals surface area contributed by atoms with Gasteiger partial charge in [-0.1, -0.05) is 36.4 Å². The third-order valence-electron chi connectivity index (χ3n) is 4.76. The Morgan fingerprint density at radius 3 is 2.60 bits per heavy atom. The molecule has 4 rings (SSSR count). The van der Waals surface area contributed by atoms with Gasteiger partial charge in [-0.25, -0.2) is 9.59 Å². The standard InChI is InChI=1S/C22H20N2O6/c1-14(20(25)24-12-11-23-22(24)27)29-21(26)19-17(13-28-15-7-3-2-4-8-15)16-9-5-6-10-18(16)30-19/h2-10,14H,11-13H2,1H3,(H,23,27)/t14-/m1/s1. The molecular formula is C22H20N2O6. The number of hydrogen-bond donors (Lipinski definition) is 1. The Balaban J connectivity index is 1.55. The molecule has 1 aliphatic rings. The number of rotatable bonds is 6. The van der Waals surface area contributed by atoms with Gasteiger partial charge in [0.25, 0.3) is 5.91 Å². The summed E-state index contributed by atoms with van der Waals surface area (Å²) in [5.41, 5.74) is 1.03. The molecule has 8 nitrogen and oxygen atoms in total. The van der Waals surface area contributed by atoms with Crippen LogP contribution in [0.2, 0.25) is 0 Å². The first kappa shape index (κ1) is 19.5. The van der Waals surface area contributed by atoms with Crippen LogP contribution in [0.3, 0.4) is 0 Å². The lowest BCUT2D eigenvalue weighted by Crippen LogP contribution is -2.41. The van der Waals surface area contributed by atoms with E-state index < -0.39 is 24.0 Å². The Morgan fingerprint density at radius 2 is 1.87 bits per heavy atom. The van der Waals surface area contributed by atoms with Crippen molar-refractivity contribution < 1.29 is 28.3 Å². The van der Waals surface area contributed by atoms with E-state index in [2.05, 4.69) is 5.32 Å². The molecule has 8 heteroatoms. The zero-order chi connectivity index (χ0) is 21.1. The maximum Gasteiger partial charge on any atom is 0.375 e. The summed E-state index contributed by atoms with van der Waals surface area (Å²) in [6.07, 6.45) is -1.14. The summed E-state index contributed by atoms with van der Waals surface area (Å²) in [4.78, 5) is 37.9. The van der Waals surface area contributed by atoms with Gasteiger partial charge < -0.3 is 19.2 Å². The number of benzene rings is 2. The predicted molar refractivity (Wildman–Crippen MR) is 107 cm³/mol. The predicted octanol–water partition coefficient (Wildman–Crippen LogP) is 3.11. The van der Waals surface area contributed by atoms with Gasteiger partial charge in [0.2, 0.25) is 5.76 Å². The molecule has 1 N–H and O–H groups in total. The van der Waals surface area contributed by atoms with Crippen LogP contribution in [0.1, 0.15) is 23.0 Å². The van der Waals surface area contributed by atoms with Gasteiger partial charge in [0, 0.05) is 18.5 Å². The number of imide groups is 1. The fourth-order valence-corrected chi connectivity index (χ4v) is 3.25. The van der Waals surface area contributed by atoms with Crippen LogP contribution in [-0.2, 0) is 16.1 Å². The normalized spacial score (nSPS) is 14.4. The van der Waals surface area contributed by atoms with Gasteiger partial charge in [-0.3, -0.25) is 9.69 Å². The van der Waals surface area contributed by atoms with E-state index in [1.165, 1.54) is 6.92 Å². The van der Waals surface area contributed by atoms with Crippen molar-refractivity contribution in [1.29, 1.82) is 0 Å². The lowest BCUT2D eigenvalue weighted by atomic mass is 10.1. The van der Waals surface area contributed by atoms with E-state index in [9.17, 15) is 14.4 Å². The summed E-state index contributed by atoms with van der Waals surface area (Å²) in [6.45, 7) is 2.12. The second-order valence-electron chi connectivity index (χ2n) is 6.78. The maximum absolute atomic E-state index is 12.8. The summed E-state index contributed by atoms with van der Waals surface area (Å²) < 4.78 is 16.8. The number of hydrogen-bond acceptors (Lipinski definition) is 6. The lowest BCUT2D eigenvalue weighted by molar-refractivity contribution is -0.136. The van der Waals surface area contributed by atoms with Crippen LogP contribution in [0.15, 0.2) is 59.0 Å². The van der Waals surface area contributed by atoms with Crippen molar-refractivity contribution in [3.63, 3.8) is 0 Å². The molecule has 1 aromatic heterocycles. The molecular weight excluding hydrogens is 388 g/mol. The van der Waals surface area contributed by atoms with Crippen molar-refractivity contribution in [1.82, 2.24) is 10.2 Å². The number of nitrogens with zero attached hydrogens (tertiary/aromatic N) is 1. The molecule has 2 heterocycles. The summed E-state index contributed by atoms with van der Waals surface area (Å²) in [6, 6.07) is 15.9. The molecule has 0 spiro atoms. The van der Waals surface area contributed by atoms with Crippen molar-refractivity contribution in [2.45, 2.75) is 19.6 Å². The smallest absolute Gasteiger partial charge is 0.375 e. The van der Waals surface area contributed by atoms with Crippen LogP contribution in [0.25, 0.3) is 11.0 Å². The molecule has 154 valence electrons. The summed E-state index contributed by atoms with van der Waals surface area (Å²) in [5, 5.41) is 3.26. The van der Waals surface area contributed by atoms with Crippen molar-refractivity contribution in [2.75, 3.05) is 13.1 Å². The average Bonchev–Trinajstić information content (AvgIpc) is 3.35. The largest absolute Gasteiger partial charge is 0.489 e. The zero-order valence-corrected chi connectivity index (χ0v) is 16.3. The summed E-state index contributed by atoms with van der Waals surface area (Å²) in [7, 11) is 0. The molecule has 0 saturated carbocycles. The number of furan rings is 1. The minimum atomic E-state index is -1.14. The Labute approximate surface area is 172 Å². The quantitative estimate of drug-likeness (QED) is 0.630. The Kier molecular flexibility index (Phi) is 5.38. The van der Waals surface area contributed by atoms with E-state index in [4.69, 9.17) is 13.9 Å². The van der Waals surface area contributed by atoms with Crippen LogP contribution in [0.4, 0.5) is 4.79 Å². The topological polar surface area (TPSA) is 98.1 Å². The Hall–Kier alpha value is -3.81. The number of esters is 1. The minimum Gasteiger partial charge on any atom is -0.489 e. The molecule has 0 bridgehead atoms. The Bertz CT molecular complexity index is 1090. The number of urea groups is 1. The van der Waals surface area contributed by atoms with Gasteiger partial charge >= 0.3 is 12.0 Å². The molecule has 2 aromatic carbocycles. The molecule has 1 fully saturated rings. The highest BCUT2D eigenvalue weighted by atomic mass is 16.6. The number of carbonyl (C=O) groups excluding carboxylic acids is 3. The zero-order valence-electron chi connectivity index (χ0n) is 16.3. The maximum atomic E-state index is 12.8. The van der Waals surface area contributed by atoms with E-state index in [1.807, 2.05) is 42.5 Å². The van der Waals surface area contributed by atoms with Gasteiger partial charge in [-0.2, -0.15) is 0 Å². The van der Waals surface area contributed by atoms with Crippen LogP contribution < -0.4 is 10.1 Å². The number of nitrogens with one attached hydrogen (secondary N) is 1. The van der Waals surface area contributed by atoms with E-state index >= 15 is 0 Å². The highest BCUT2D eigenvalue weighted by Gasteiger charge is 2.33. The number of para-hydroxylation sites is 2. The number of carbonyl (C=O) groups is 3. The van der Waals surface area contributed by atoms with Gasteiger partial charge in [-0.05, 0) is 25.1 Å². The SMILES string of the molecule is C[C@@H](OC(=O)c1oc2ccccc2c1COc1ccccc1)C(=O)N1CCNC1=O. The molecule has 3 amide bonds. The molecule has 1 aliphatic heterocycles. The molecule has 0 aliphatic carbocycles. The van der Waals surface area contributed by atoms with Crippen LogP contribution in [0, 0.1) is 0 Å². The fourth-order valence-electron chi connectivity index (χ4n) is 3.25. The third-order valence-corrected chi connectivity index (χ3v) is 4.76. The van der Waals surface area contributed by atoms with Gasteiger partial charge in [0.05, 0.1) is 5.56 Å². The average molecular weight is 408 g/mol. The van der Waals surface area contributed by atoms with E-state index in [0.717, 1.165) is 10.3 Å². The van der Waals surface area contributed by atoms with Crippen molar-refractivity contribution in [2.24, 2.45) is 0 Å². The monoisotopic (exact) mass is 408 g/mol. The van der Waals surface area contributed by atoms with Gasteiger partial charge in [0.15, 0.2) is 6.10 Å². The molecule has 0 radical (unpaired) electrons. The third kappa shape index (κ3) is 3.84. The van der Waals surface area contributed by atoms with E-state index in [-0.39, 0.29) is 18.9 Å². The highest BCUT2D eigenvalue weighted by Crippen LogP contribution is 2.28. The second kappa shape index (κ2) is 8.28. The molecule has 1 saturated heterocycles. The summed E-state index contributed by atoms with van der Waals surface area (Å²) >= 11 is 0. The first-order chi connectivity index (χ1) is 14.5. The highest BCUT2D eigenvalue weighted by molar-refractivity contribution is 6.00.